The average molecular weight is 402 g/mol. The number of carbonyl (C=O) groups excluding carboxylic acids is 2. The third kappa shape index (κ3) is 9.56. The van der Waals surface area contributed by atoms with Crippen LogP contribution in [0.5, 0.6) is 11.5 Å². The molecule has 0 saturated heterocycles. The van der Waals surface area contributed by atoms with Gasteiger partial charge in [-0.05, 0) is 18.2 Å². The number of nitrogens with one attached hydrogen (secondary N) is 2. The van der Waals surface area contributed by atoms with Crippen molar-refractivity contribution in [2.24, 2.45) is 0 Å². The van der Waals surface area contributed by atoms with Crippen LogP contribution in [0.3, 0.4) is 0 Å². The molecule has 0 radical (unpaired) electrons. The van der Waals surface area contributed by atoms with Gasteiger partial charge in [-0.15, -0.1) is 0 Å². The largest absolute Gasteiger partial charge is 0.484 e. The van der Waals surface area contributed by atoms with E-state index in [4.69, 9.17) is 0 Å². The molecule has 0 aliphatic rings. The van der Waals surface area contributed by atoms with Gasteiger partial charge in [0, 0.05) is 20.0 Å². The Morgan fingerprint density at radius 3 is 2.04 bits per heavy atom. The minimum Gasteiger partial charge on any atom is -0.484 e. The highest BCUT2D eigenvalue weighted by molar-refractivity contribution is 5.97. The first-order chi connectivity index (χ1) is 12.4. The van der Waals surface area contributed by atoms with Gasteiger partial charge in [0.05, 0.1) is 5.56 Å². The SMILES string of the molecule is CC(=O)NCCNC(=O)c1cc(OCC(F)(F)F)ccc1OCC(F)(F)F. The molecule has 152 valence electrons. The Hall–Kier alpha value is -2.66. The number of hydrogen-bond donors (Lipinski definition) is 2. The van der Waals surface area contributed by atoms with Crippen molar-refractivity contribution in [1.82, 2.24) is 10.6 Å². The van der Waals surface area contributed by atoms with E-state index in [1.54, 1.807) is 0 Å². The molecule has 0 aliphatic heterocycles. The lowest BCUT2D eigenvalue weighted by molar-refractivity contribution is -0.154. The average Bonchev–Trinajstić information content (AvgIpc) is 2.53. The van der Waals surface area contributed by atoms with Crippen LogP contribution in [0, 0.1) is 0 Å². The molecule has 0 saturated carbocycles. The molecule has 1 rings (SSSR count). The van der Waals surface area contributed by atoms with Crippen molar-refractivity contribution < 1.29 is 45.4 Å². The summed E-state index contributed by atoms with van der Waals surface area (Å²) in [6.45, 7) is -2.11. The number of carbonyl (C=O) groups is 2. The highest BCUT2D eigenvalue weighted by atomic mass is 19.4. The van der Waals surface area contributed by atoms with E-state index in [1.165, 1.54) is 6.92 Å². The highest BCUT2D eigenvalue weighted by Crippen LogP contribution is 2.27. The maximum absolute atomic E-state index is 12.3. The van der Waals surface area contributed by atoms with Crippen LogP contribution in [0.25, 0.3) is 0 Å². The lowest BCUT2D eigenvalue weighted by atomic mass is 10.1. The maximum Gasteiger partial charge on any atom is 0.422 e. The standard InChI is InChI=1S/C15H16F6N2O4/c1-9(24)22-4-5-23-13(25)11-6-10(26-7-14(16,17)18)2-3-12(11)27-8-15(19,20)21/h2-3,6H,4-5,7-8H2,1H3,(H,22,24)(H,23,25). The summed E-state index contributed by atoms with van der Waals surface area (Å²) in [5, 5.41) is 4.68. The van der Waals surface area contributed by atoms with Gasteiger partial charge in [0.15, 0.2) is 13.2 Å². The summed E-state index contributed by atoms with van der Waals surface area (Å²) in [6, 6.07) is 2.69. The normalized spacial score (nSPS) is 11.7. The van der Waals surface area contributed by atoms with Crippen molar-refractivity contribution in [3.05, 3.63) is 23.8 Å². The van der Waals surface area contributed by atoms with Crippen molar-refractivity contribution >= 4 is 11.8 Å². The van der Waals surface area contributed by atoms with E-state index in [-0.39, 0.29) is 24.7 Å². The van der Waals surface area contributed by atoms with Crippen LogP contribution < -0.4 is 20.1 Å². The van der Waals surface area contributed by atoms with Crippen LogP contribution >= 0.6 is 0 Å². The molecule has 1 aromatic rings. The summed E-state index contributed by atoms with van der Waals surface area (Å²) < 4.78 is 82.6. The zero-order chi connectivity index (χ0) is 20.7. The fourth-order valence-electron chi connectivity index (χ4n) is 1.74. The molecule has 0 unspecified atom stereocenters. The lowest BCUT2D eigenvalue weighted by Gasteiger charge is -2.15. The van der Waals surface area contributed by atoms with Crippen LogP contribution in [0.2, 0.25) is 0 Å². The Labute approximate surface area is 149 Å². The zero-order valence-electron chi connectivity index (χ0n) is 14.0. The maximum atomic E-state index is 12.3. The number of ether oxygens (including phenoxy) is 2. The van der Waals surface area contributed by atoms with Crippen LogP contribution in [0.4, 0.5) is 26.3 Å². The fraction of sp³-hybridized carbons (Fsp3) is 0.467. The molecule has 0 bridgehead atoms. The van der Waals surface area contributed by atoms with Gasteiger partial charge >= 0.3 is 12.4 Å². The molecule has 0 fully saturated rings. The van der Waals surface area contributed by atoms with Gasteiger partial charge in [-0.3, -0.25) is 9.59 Å². The molecular formula is C15H16F6N2O4. The number of benzene rings is 1. The van der Waals surface area contributed by atoms with Crippen molar-refractivity contribution in [3.8, 4) is 11.5 Å². The lowest BCUT2D eigenvalue weighted by Crippen LogP contribution is -2.34. The third-order valence-electron chi connectivity index (χ3n) is 2.77. The number of amides is 2. The fourth-order valence-corrected chi connectivity index (χ4v) is 1.74. The molecule has 27 heavy (non-hydrogen) atoms. The van der Waals surface area contributed by atoms with Crippen molar-refractivity contribution in [1.29, 1.82) is 0 Å². The van der Waals surface area contributed by atoms with Gasteiger partial charge in [0.2, 0.25) is 5.91 Å². The summed E-state index contributed by atoms with van der Waals surface area (Å²) in [5.74, 6) is -2.13. The van der Waals surface area contributed by atoms with Crippen molar-refractivity contribution in [3.63, 3.8) is 0 Å². The van der Waals surface area contributed by atoms with Crippen molar-refractivity contribution in [2.45, 2.75) is 19.3 Å². The van der Waals surface area contributed by atoms with E-state index in [0.717, 1.165) is 18.2 Å². The number of hydrogen-bond acceptors (Lipinski definition) is 4. The third-order valence-corrected chi connectivity index (χ3v) is 2.77. The van der Waals surface area contributed by atoms with Gasteiger partial charge in [-0.2, -0.15) is 26.3 Å². The number of halogens is 6. The van der Waals surface area contributed by atoms with Crippen LogP contribution in [-0.4, -0.2) is 50.5 Å². The van der Waals surface area contributed by atoms with Crippen LogP contribution in [0.1, 0.15) is 17.3 Å². The molecule has 6 nitrogen and oxygen atoms in total. The summed E-state index contributed by atoms with van der Waals surface area (Å²) >= 11 is 0. The van der Waals surface area contributed by atoms with Crippen molar-refractivity contribution in [2.75, 3.05) is 26.3 Å². The second-order valence-electron chi connectivity index (χ2n) is 5.20. The summed E-state index contributed by atoms with van der Waals surface area (Å²) in [4.78, 5) is 22.9. The van der Waals surface area contributed by atoms with Crippen LogP contribution in [0.15, 0.2) is 18.2 Å². The Balaban J connectivity index is 2.91. The predicted octanol–water partition coefficient (Wildman–Crippen LogP) is 2.43. The second kappa shape index (κ2) is 9.33. The second-order valence-corrected chi connectivity index (χ2v) is 5.20. The smallest absolute Gasteiger partial charge is 0.422 e. The van der Waals surface area contributed by atoms with E-state index in [1.807, 2.05) is 0 Å². The Kier molecular flexibility index (Phi) is 7.73. The van der Waals surface area contributed by atoms with Gasteiger partial charge in [-0.1, -0.05) is 0 Å². The van der Waals surface area contributed by atoms with Crippen LogP contribution in [-0.2, 0) is 4.79 Å². The first kappa shape index (κ1) is 22.4. The zero-order valence-corrected chi connectivity index (χ0v) is 14.0. The minimum atomic E-state index is -4.68. The summed E-state index contributed by atoms with van der Waals surface area (Å²) in [6.07, 6.45) is -9.31. The highest BCUT2D eigenvalue weighted by Gasteiger charge is 2.30. The summed E-state index contributed by atoms with van der Waals surface area (Å²) in [7, 11) is 0. The molecule has 12 heteroatoms. The number of rotatable bonds is 8. The molecule has 0 heterocycles. The molecule has 0 atom stereocenters. The van der Waals surface area contributed by atoms with E-state index < -0.39 is 42.8 Å². The topological polar surface area (TPSA) is 76.7 Å². The van der Waals surface area contributed by atoms with E-state index >= 15 is 0 Å². The minimum absolute atomic E-state index is 0.0457. The molecule has 1 aromatic carbocycles. The molecule has 0 spiro atoms. The molecule has 2 N–H and O–H groups in total. The van der Waals surface area contributed by atoms with E-state index in [9.17, 15) is 35.9 Å². The van der Waals surface area contributed by atoms with Gasteiger partial charge in [0.1, 0.15) is 11.5 Å². The van der Waals surface area contributed by atoms with E-state index in [2.05, 4.69) is 20.1 Å². The quantitative estimate of drug-likeness (QED) is 0.517. The predicted molar refractivity (Wildman–Crippen MR) is 80.6 cm³/mol. The Bertz CT molecular complexity index is 661. The Morgan fingerprint density at radius 1 is 0.926 bits per heavy atom. The van der Waals surface area contributed by atoms with Gasteiger partial charge < -0.3 is 20.1 Å². The first-order valence-corrected chi connectivity index (χ1v) is 7.43. The Morgan fingerprint density at radius 2 is 1.48 bits per heavy atom. The molecular weight excluding hydrogens is 386 g/mol. The molecule has 0 aromatic heterocycles. The molecule has 0 aliphatic carbocycles. The van der Waals surface area contributed by atoms with E-state index in [0.29, 0.717) is 0 Å². The van der Waals surface area contributed by atoms with Gasteiger partial charge in [-0.25, -0.2) is 0 Å². The first-order valence-electron chi connectivity index (χ1n) is 7.43. The molecule has 2 amide bonds. The summed E-state index contributed by atoms with van der Waals surface area (Å²) in [5.41, 5.74) is -0.443. The monoisotopic (exact) mass is 402 g/mol. The number of alkyl halides is 6. The van der Waals surface area contributed by atoms with Gasteiger partial charge in [0.25, 0.3) is 5.91 Å².